The molecule has 0 aromatic heterocycles. The lowest BCUT2D eigenvalue weighted by atomic mass is 10.1. The van der Waals surface area contributed by atoms with E-state index in [9.17, 15) is 0 Å². The van der Waals surface area contributed by atoms with Crippen LogP contribution in [0.2, 0.25) is 0 Å². The van der Waals surface area contributed by atoms with Crippen molar-refractivity contribution < 1.29 is 0 Å². The first-order valence-electron chi connectivity index (χ1n) is 4.47. The summed E-state index contributed by atoms with van der Waals surface area (Å²) < 4.78 is 0. The first-order valence-corrected chi connectivity index (χ1v) is 5.52. The van der Waals surface area contributed by atoms with E-state index in [1.807, 2.05) is 11.8 Å². The molecule has 1 nitrogen and oxygen atoms in total. The van der Waals surface area contributed by atoms with Crippen molar-refractivity contribution in [2.75, 3.05) is 5.75 Å². The van der Waals surface area contributed by atoms with Gasteiger partial charge >= 0.3 is 0 Å². The van der Waals surface area contributed by atoms with Gasteiger partial charge < -0.3 is 5.73 Å². The van der Waals surface area contributed by atoms with Crippen LogP contribution in [0.4, 0.5) is 0 Å². The highest BCUT2D eigenvalue weighted by molar-refractivity contribution is 7.99. The Morgan fingerprint density at radius 3 is 2.67 bits per heavy atom. The molecule has 0 rings (SSSR count). The van der Waals surface area contributed by atoms with Gasteiger partial charge in [0, 0.05) is 18.2 Å². The molecular formula is C10H19NS. The third kappa shape index (κ3) is 7.97. The van der Waals surface area contributed by atoms with E-state index in [0.29, 0.717) is 11.3 Å². The van der Waals surface area contributed by atoms with Crippen LogP contribution in [0.25, 0.3) is 0 Å². The molecule has 0 fully saturated rings. The average Bonchev–Trinajstić information content (AvgIpc) is 2.01. The first kappa shape index (κ1) is 11.9. The molecule has 70 valence electrons. The molecule has 1 unspecified atom stereocenters. The van der Waals surface area contributed by atoms with Crippen LogP contribution < -0.4 is 5.73 Å². The Morgan fingerprint density at radius 1 is 1.50 bits per heavy atom. The SMILES string of the molecule is C#CCCCC(N)CSC(C)C. The van der Waals surface area contributed by atoms with E-state index in [4.69, 9.17) is 12.2 Å². The Morgan fingerprint density at radius 2 is 2.17 bits per heavy atom. The zero-order chi connectivity index (χ0) is 9.40. The summed E-state index contributed by atoms with van der Waals surface area (Å²) in [5, 5.41) is 0.684. The van der Waals surface area contributed by atoms with Crippen molar-refractivity contribution >= 4 is 11.8 Å². The molecule has 0 aliphatic carbocycles. The van der Waals surface area contributed by atoms with Crippen LogP contribution in [0.1, 0.15) is 33.1 Å². The number of unbranched alkanes of at least 4 members (excludes halogenated alkanes) is 1. The Bertz CT molecular complexity index is 137. The van der Waals surface area contributed by atoms with Gasteiger partial charge in [0.25, 0.3) is 0 Å². The zero-order valence-corrected chi connectivity index (χ0v) is 8.86. The summed E-state index contributed by atoms with van der Waals surface area (Å²) in [6, 6.07) is 0.325. The van der Waals surface area contributed by atoms with E-state index < -0.39 is 0 Å². The number of thioether (sulfide) groups is 1. The minimum atomic E-state index is 0.325. The molecule has 2 N–H and O–H groups in total. The third-order valence-electron chi connectivity index (χ3n) is 1.54. The molecular weight excluding hydrogens is 166 g/mol. The molecule has 12 heavy (non-hydrogen) atoms. The standard InChI is InChI=1S/C10H19NS/c1-4-5-6-7-10(11)8-12-9(2)3/h1,9-10H,5-8,11H2,2-3H3. The van der Waals surface area contributed by atoms with Crippen molar-refractivity contribution in [3.8, 4) is 12.3 Å². The van der Waals surface area contributed by atoms with Gasteiger partial charge in [-0.1, -0.05) is 13.8 Å². The number of terminal acetylenes is 1. The zero-order valence-electron chi connectivity index (χ0n) is 8.05. The normalized spacial score (nSPS) is 12.9. The molecule has 0 amide bonds. The number of rotatable bonds is 6. The van der Waals surface area contributed by atoms with E-state index >= 15 is 0 Å². The topological polar surface area (TPSA) is 26.0 Å². The fraction of sp³-hybridized carbons (Fsp3) is 0.800. The van der Waals surface area contributed by atoms with Crippen LogP contribution in [-0.4, -0.2) is 17.0 Å². The summed E-state index contributed by atoms with van der Waals surface area (Å²) in [7, 11) is 0. The fourth-order valence-electron chi connectivity index (χ4n) is 0.866. The maximum atomic E-state index is 5.87. The van der Waals surface area contributed by atoms with Gasteiger partial charge in [-0.15, -0.1) is 12.3 Å². The lowest BCUT2D eigenvalue weighted by Crippen LogP contribution is -2.23. The van der Waals surface area contributed by atoms with Crippen LogP contribution in [0, 0.1) is 12.3 Å². The molecule has 0 aliphatic rings. The Balaban J connectivity index is 3.22. The summed E-state index contributed by atoms with van der Waals surface area (Å²) in [5.74, 6) is 3.68. The minimum Gasteiger partial charge on any atom is -0.327 e. The van der Waals surface area contributed by atoms with E-state index in [-0.39, 0.29) is 0 Å². The molecule has 0 aromatic carbocycles. The predicted octanol–water partition coefficient (Wildman–Crippen LogP) is 2.26. The maximum absolute atomic E-state index is 5.87. The van der Waals surface area contributed by atoms with Gasteiger partial charge in [-0.05, 0) is 18.1 Å². The van der Waals surface area contributed by atoms with Crippen LogP contribution in [0.3, 0.4) is 0 Å². The third-order valence-corrected chi connectivity index (χ3v) is 2.83. The molecule has 0 saturated carbocycles. The lowest BCUT2D eigenvalue weighted by molar-refractivity contribution is 0.641. The monoisotopic (exact) mass is 185 g/mol. The van der Waals surface area contributed by atoms with Gasteiger partial charge in [0.05, 0.1) is 0 Å². The quantitative estimate of drug-likeness (QED) is 0.507. The number of nitrogens with two attached hydrogens (primary N) is 1. The minimum absolute atomic E-state index is 0.325. The van der Waals surface area contributed by atoms with Crippen molar-refractivity contribution in [2.24, 2.45) is 5.73 Å². The molecule has 0 aliphatic heterocycles. The second-order valence-electron chi connectivity index (χ2n) is 3.24. The van der Waals surface area contributed by atoms with Crippen LogP contribution in [-0.2, 0) is 0 Å². The fourth-order valence-corrected chi connectivity index (χ4v) is 1.66. The molecule has 0 spiro atoms. The average molecular weight is 185 g/mol. The Labute approximate surface area is 80.5 Å². The Kier molecular flexibility index (Phi) is 7.43. The summed E-state index contributed by atoms with van der Waals surface area (Å²) in [5.41, 5.74) is 5.87. The van der Waals surface area contributed by atoms with Crippen LogP contribution >= 0.6 is 11.8 Å². The van der Waals surface area contributed by atoms with Gasteiger partial charge in [0.15, 0.2) is 0 Å². The van der Waals surface area contributed by atoms with Gasteiger partial charge in [-0.25, -0.2) is 0 Å². The van der Waals surface area contributed by atoms with Crippen molar-refractivity contribution in [2.45, 2.75) is 44.4 Å². The van der Waals surface area contributed by atoms with E-state index in [0.717, 1.165) is 25.0 Å². The summed E-state index contributed by atoms with van der Waals surface area (Å²) in [6.45, 7) is 4.39. The highest BCUT2D eigenvalue weighted by Gasteiger charge is 2.03. The van der Waals surface area contributed by atoms with E-state index in [1.54, 1.807) is 0 Å². The predicted molar refractivity (Wildman–Crippen MR) is 58.3 cm³/mol. The van der Waals surface area contributed by atoms with Gasteiger partial charge in [-0.2, -0.15) is 11.8 Å². The van der Waals surface area contributed by atoms with Crippen molar-refractivity contribution in [3.63, 3.8) is 0 Å². The van der Waals surface area contributed by atoms with Gasteiger partial charge in [0.2, 0.25) is 0 Å². The summed E-state index contributed by atoms with van der Waals surface area (Å²) in [4.78, 5) is 0. The van der Waals surface area contributed by atoms with E-state index in [2.05, 4.69) is 19.8 Å². The first-order chi connectivity index (χ1) is 5.66. The number of hydrogen-bond acceptors (Lipinski definition) is 2. The summed E-state index contributed by atoms with van der Waals surface area (Å²) >= 11 is 1.92. The molecule has 0 bridgehead atoms. The number of hydrogen-bond donors (Lipinski definition) is 1. The largest absolute Gasteiger partial charge is 0.327 e. The Hall–Kier alpha value is -0.130. The summed E-state index contributed by atoms with van der Waals surface area (Å²) in [6.07, 6.45) is 8.13. The lowest BCUT2D eigenvalue weighted by Gasteiger charge is -2.11. The van der Waals surface area contributed by atoms with Crippen LogP contribution in [0.5, 0.6) is 0 Å². The smallest absolute Gasteiger partial charge is 0.0130 e. The molecule has 0 saturated heterocycles. The maximum Gasteiger partial charge on any atom is 0.0130 e. The second kappa shape index (κ2) is 7.52. The molecule has 0 aromatic rings. The molecule has 2 heteroatoms. The van der Waals surface area contributed by atoms with Crippen molar-refractivity contribution in [3.05, 3.63) is 0 Å². The van der Waals surface area contributed by atoms with Gasteiger partial charge in [0.1, 0.15) is 0 Å². The van der Waals surface area contributed by atoms with Crippen molar-refractivity contribution in [1.29, 1.82) is 0 Å². The van der Waals surface area contributed by atoms with Crippen molar-refractivity contribution in [1.82, 2.24) is 0 Å². The molecule has 1 atom stereocenters. The second-order valence-corrected chi connectivity index (χ2v) is 4.85. The van der Waals surface area contributed by atoms with Crippen LogP contribution in [0.15, 0.2) is 0 Å². The highest BCUT2D eigenvalue weighted by atomic mass is 32.2. The van der Waals surface area contributed by atoms with Gasteiger partial charge in [-0.3, -0.25) is 0 Å². The van der Waals surface area contributed by atoms with E-state index in [1.165, 1.54) is 0 Å². The molecule has 0 radical (unpaired) electrons. The molecule has 0 heterocycles. The highest BCUT2D eigenvalue weighted by Crippen LogP contribution is 2.12.